The van der Waals surface area contributed by atoms with Gasteiger partial charge in [-0.15, -0.1) is 11.3 Å². The molecule has 2 aromatic rings. The van der Waals surface area contributed by atoms with Gasteiger partial charge in [-0.3, -0.25) is 4.79 Å². The highest BCUT2D eigenvalue weighted by Gasteiger charge is 2.28. The van der Waals surface area contributed by atoms with Gasteiger partial charge < -0.3 is 15.4 Å². The zero-order valence-electron chi connectivity index (χ0n) is 14.9. The molecule has 0 saturated heterocycles. The third-order valence-corrected chi connectivity index (χ3v) is 5.02. The van der Waals surface area contributed by atoms with Crippen LogP contribution in [0.4, 0.5) is 10.5 Å². The fourth-order valence-corrected chi connectivity index (χ4v) is 3.19. The Hall–Kier alpha value is -2.41. The third-order valence-electron chi connectivity index (χ3n) is 3.91. The van der Waals surface area contributed by atoms with Crippen LogP contribution in [0, 0.1) is 5.41 Å². The fraction of sp³-hybridized carbons (Fsp3) is 0.389. The lowest BCUT2D eigenvalue weighted by molar-refractivity contribution is -0.151. The Morgan fingerprint density at radius 3 is 2.52 bits per heavy atom. The van der Waals surface area contributed by atoms with Gasteiger partial charge >= 0.3 is 12.0 Å². The molecule has 0 aliphatic rings. The largest absolute Gasteiger partial charge is 0.469 e. The molecule has 0 fully saturated rings. The van der Waals surface area contributed by atoms with Gasteiger partial charge in [0.25, 0.3) is 0 Å². The average Bonchev–Trinajstić information content (AvgIpc) is 3.09. The number of hydrogen-bond donors (Lipinski definition) is 2. The molecule has 0 atom stereocenters. The summed E-state index contributed by atoms with van der Waals surface area (Å²) in [6.45, 7) is 3.76. The predicted octanol–water partition coefficient (Wildman–Crippen LogP) is 3.69. The number of thiazole rings is 1. The molecule has 0 saturated carbocycles. The van der Waals surface area contributed by atoms with E-state index in [2.05, 4.69) is 15.6 Å². The van der Waals surface area contributed by atoms with Gasteiger partial charge in [0.05, 0.1) is 22.4 Å². The summed E-state index contributed by atoms with van der Waals surface area (Å²) < 4.78 is 4.83. The molecule has 1 aromatic heterocycles. The van der Waals surface area contributed by atoms with Gasteiger partial charge in [0.1, 0.15) is 0 Å². The van der Waals surface area contributed by atoms with Crippen LogP contribution in [0.15, 0.2) is 30.5 Å². The van der Waals surface area contributed by atoms with Gasteiger partial charge in [0, 0.05) is 25.4 Å². The van der Waals surface area contributed by atoms with Crippen LogP contribution in [0.25, 0.3) is 10.4 Å². The number of amides is 2. The monoisotopic (exact) mass is 361 g/mol. The van der Waals surface area contributed by atoms with Crippen molar-refractivity contribution in [3.05, 3.63) is 35.5 Å². The number of benzene rings is 1. The number of ether oxygens (including phenoxy) is 1. The van der Waals surface area contributed by atoms with Crippen LogP contribution in [-0.2, 0) is 16.0 Å². The van der Waals surface area contributed by atoms with Crippen molar-refractivity contribution in [3.63, 3.8) is 0 Å². The summed E-state index contributed by atoms with van der Waals surface area (Å²) in [5, 5.41) is 6.22. The van der Waals surface area contributed by atoms with Gasteiger partial charge in [0.15, 0.2) is 0 Å². The summed E-state index contributed by atoms with van der Waals surface area (Å²) in [6, 6.07) is 7.34. The lowest BCUT2D eigenvalue weighted by Crippen LogP contribution is -2.26. The smallest absolute Gasteiger partial charge is 0.318 e. The molecule has 134 valence electrons. The molecule has 1 aromatic carbocycles. The van der Waals surface area contributed by atoms with Crippen LogP contribution in [0.1, 0.15) is 25.3 Å². The highest BCUT2D eigenvalue weighted by Crippen LogP contribution is 2.30. The Bertz CT molecular complexity index is 738. The van der Waals surface area contributed by atoms with E-state index in [-0.39, 0.29) is 12.0 Å². The van der Waals surface area contributed by atoms with E-state index in [1.807, 2.05) is 44.3 Å². The zero-order valence-corrected chi connectivity index (χ0v) is 15.7. The third kappa shape index (κ3) is 5.03. The van der Waals surface area contributed by atoms with Crippen LogP contribution in [0.3, 0.4) is 0 Å². The van der Waals surface area contributed by atoms with E-state index in [4.69, 9.17) is 4.74 Å². The zero-order chi connectivity index (χ0) is 18.4. The number of urea groups is 1. The van der Waals surface area contributed by atoms with Crippen molar-refractivity contribution < 1.29 is 14.3 Å². The Kier molecular flexibility index (Phi) is 6.14. The molecular formula is C18H23N3O3S. The molecule has 6 nitrogen and oxygen atoms in total. The van der Waals surface area contributed by atoms with Crippen LogP contribution in [0.5, 0.6) is 0 Å². The van der Waals surface area contributed by atoms with Crippen molar-refractivity contribution in [1.82, 2.24) is 10.3 Å². The van der Waals surface area contributed by atoms with Crippen molar-refractivity contribution in [2.24, 2.45) is 5.41 Å². The second kappa shape index (κ2) is 8.11. The number of anilines is 1. The van der Waals surface area contributed by atoms with Crippen molar-refractivity contribution >= 4 is 29.0 Å². The quantitative estimate of drug-likeness (QED) is 0.769. The van der Waals surface area contributed by atoms with E-state index >= 15 is 0 Å². The molecule has 0 bridgehead atoms. The number of nitrogens with one attached hydrogen (secondary N) is 2. The van der Waals surface area contributed by atoms with Gasteiger partial charge in [-0.25, -0.2) is 9.78 Å². The summed E-state index contributed by atoms with van der Waals surface area (Å²) in [5.41, 5.74) is 1.25. The number of carbonyl (C=O) groups is 2. The summed E-state index contributed by atoms with van der Waals surface area (Å²) in [7, 11) is 2.98. The molecule has 0 spiro atoms. The summed E-state index contributed by atoms with van der Waals surface area (Å²) >= 11 is 1.61. The SMILES string of the molecule is CNC(=O)Nc1ccc(-c2cnc(CCC(C)(C)C(=O)OC)s2)cc1. The minimum Gasteiger partial charge on any atom is -0.469 e. The second-order valence-corrected chi connectivity index (χ2v) is 7.39. The van der Waals surface area contributed by atoms with E-state index in [1.165, 1.54) is 7.11 Å². The van der Waals surface area contributed by atoms with Crippen LogP contribution >= 0.6 is 11.3 Å². The first-order valence-corrected chi connectivity index (χ1v) is 8.79. The highest BCUT2D eigenvalue weighted by molar-refractivity contribution is 7.15. The molecule has 0 aliphatic carbocycles. The molecule has 0 radical (unpaired) electrons. The van der Waals surface area contributed by atoms with E-state index in [0.29, 0.717) is 6.42 Å². The van der Waals surface area contributed by atoms with Gasteiger partial charge in [-0.1, -0.05) is 12.1 Å². The highest BCUT2D eigenvalue weighted by atomic mass is 32.1. The Morgan fingerprint density at radius 1 is 1.24 bits per heavy atom. The molecule has 2 amide bonds. The average molecular weight is 361 g/mol. The second-order valence-electron chi connectivity index (χ2n) is 6.28. The van der Waals surface area contributed by atoms with E-state index in [9.17, 15) is 9.59 Å². The minimum atomic E-state index is -0.520. The Labute approximate surface area is 151 Å². The molecule has 0 unspecified atom stereocenters. The number of aryl methyl sites for hydroxylation is 1. The number of methoxy groups -OCH3 is 1. The number of rotatable bonds is 6. The Balaban J connectivity index is 2.01. The summed E-state index contributed by atoms with van der Waals surface area (Å²) in [4.78, 5) is 28.5. The van der Waals surface area contributed by atoms with Gasteiger partial charge in [-0.05, 0) is 38.0 Å². The topological polar surface area (TPSA) is 80.3 Å². The van der Waals surface area contributed by atoms with Crippen molar-refractivity contribution in [1.29, 1.82) is 0 Å². The summed E-state index contributed by atoms with van der Waals surface area (Å²) in [5.74, 6) is -0.205. The van der Waals surface area contributed by atoms with Gasteiger partial charge in [0.2, 0.25) is 0 Å². The molecule has 0 aliphatic heterocycles. The number of esters is 1. The lowest BCUT2D eigenvalue weighted by atomic mass is 9.88. The number of carbonyl (C=O) groups excluding carboxylic acids is 2. The molecule has 2 rings (SSSR count). The molecular weight excluding hydrogens is 338 g/mol. The number of aromatic nitrogens is 1. The van der Waals surface area contributed by atoms with Crippen molar-refractivity contribution in [3.8, 4) is 10.4 Å². The maximum absolute atomic E-state index is 11.7. The van der Waals surface area contributed by atoms with Crippen LogP contribution in [0.2, 0.25) is 0 Å². The Morgan fingerprint density at radius 2 is 1.92 bits per heavy atom. The molecule has 7 heteroatoms. The number of nitrogens with zero attached hydrogens (tertiary/aromatic N) is 1. The maximum atomic E-state index is 11.7. The normalized spacial score (nSPS) is 11.0. The fourth-order valence-electron chi connectivity index (χ4n) is 2.27. The summed E-state index contributed by atoms with van der Waals surface area (Å²) in [6.07, 6.45) is 3.25. The van der Waals surface area contributed by atoms with Crippen molar-refractivity contribution in [2.75, 3.05) is 19.5 Å². The predicted molar refractivity (Wildman–Crippen MR) is 99.7 cm³/mol. The minimum absolute atomic E-state index is 0.205. The van der Waals surface area contributed by atoms with E-state index < -0.39 is 5.41 Å². The van der Waals surface area contributed by atoms with E-state index in [1.54, 1.807) is 18.4 Å². The van der Waals surface area contributed by atoms with E-state index in [0.717, 1.165) is 27.6 Å². The van der Waals surface area contributed by atoms with Crippen molar-refractivity contribution in [2.45, 2.75) is 26.7 Å². The molecule has 2 N–H and O–H groups in total. The standard InChI is InChI=1S/C18H23N3O3S/c1-18(2,16(22)24-4)10-9-15-20-11-14(25-15)12-5-7-13(8-6-12)21-17(23)19-3/h5-8,11H,9-10H2,1-4H3,(H2,19,21,23). The first-order valence-electron chi connectivity index (χ1n) is 7.98. The first kappa shape index (κ1) is 18.9. The maximum Gasteiger partial charge on any atom is 0.318 e. The lowest BCUT2D eigenvalue weighted by Gasteiger charge is -2.20. The van der Waals surface area contributed by atoms with Crippen LogP contribution < -0.4 is 10.6 Å². The molecule has 25 heavy (non-hydrogen) atoms. The van der Waals surface area contributed by atoms with Crippen LogP contribution in [-0.4, -0.2) is 31.1 Å². The molecule has 1 heterocycles. The number of hydrogen-bond acceptors (Lipinski definition) is 5. The first-order chi connectivity index (χ1) is 11.9. The van der Waals surface area contributed by atoms with Gasteiger partial charge in [-0.2, -0.15) is 0 Å².